The first kappa shape index (κ1) is 9.97. The summed E-state index contributed by atoms with van der Waals surface area (Å²) in [7, 11) is 0. The minimum atomic E-state index is 0.202. The molecule has 1 heteroatoms. The van der Waals surface area contributed by atoms with E-state index in [0.717, 1.165) is 0 Å². The van der Waals surface area contributed by atoms with Crippen molar-refractivity contribution in [1.29, 1.82) is 0 Å². The van der Waals surface area contributed by atoms with Crippen LogP contribution in [0, 0.1) is 0 Å². The van der Waals surface area contributed by atoms with Crippen molar-refractivity contribution >= 4 is 22.6 Å². The number of alkyl halides is 1. The van der Waals surface area contributed by atoms with Crippen molar-refractivity contribution < 1.29 is 0 Å². The molecule has 72 valence electrons. The zero-order valence-electron chi connectivity index (χ0n) is 8.15. The first-order valence-electron chi connectivity index (χ1n) is 4.80. The molecule has 1 aromatic rings. The van der Waals surface area contributed by atoms with Gasteiger partial charge in [-0.15, -0.1) is 0 Å². The Kier molecular flexibility index (Phi) is 2.77. The van der Waals surface area contributed by atoms with E-state index in [2.05, 4.69) is 84.2 Å². The van der Waals surface area contributed by atoms with Gasteiger partial charge in [-0.1, -0.05) is 77.2 Å². The lowest BCUT2D eigenvalue weighted by molar-refractivity contribution is 0.718. The van der Waals surface area contributed by atoms with Crippen LogP contribution in [0.25, 0.3) is 0 Å². The molecular formula is C13H13I. The number of hydrogen-bond acceptors (Lipinski definition) is 0. The van der Waals surface area contributed by atoms with Gasteiger partial charge in [-0.05, 0) is 12.5 Å². The Hall–Kier alpha value is -0.570. The van der Waals surface area contributed by atoms with Gasteiger partial charge >= 0.3 is 0 Å². The van der Waals surface area contributed by atoms with Crippen LogP contribution >= 0.6 is 22.6 Å². The van der Waals surface area contributed by atoms with Gasteiger partial charge in [0.1, 0.15) is 0 Å². The van der Waals surface area contributed by atoms with E-state index in [-0.39, 0.29) is 3.42 Å². The van der Waals surface area contributed by atoms with E-state index in [0.29, 0.717) is 5.92 Å². The van der Waals surface area contributed by atoms with Gasteiger partial charge in [0, 0.05) is 9.34 Å². The third-order valence-electron chi connectivity index (χ3n) is 2.60. The van der Waals surface area contributed by atoms with Gasteiger partial charge in [-0.3, -0.25) is 0 Å². The highest BCUT2D eigenvalue weighted by molar-refractivity contribution is 14.1. The third kappa shape index (κ3) is 1.92. The summed E-state index contributed by atoms with van der Waals surface area (Å²) in [5, 5.41) is 0. The molecule has 0 bridgehead atoms. The molecule has 1 aliphatic carbocycles. The van der Waals surface area contributed by atoms with Crippen molar-refractivity contribution in [1.82, 2.24) is 0 Å². The minimum absolute atomic E-state index is 0.202. The molecule has 0 saturated heterocycles. The topological polar surface area (TPSA) is 0 Å². The predicted octanol–water partition coefficient (Wildman–Crippen LogP) is 4.09. The van der Waals surface area contributed by atoms with Crippen LogP contribution in [0.1, 0.15) is 18.4 Å². The van der Waals surface area contributed by atoms with E-state index in [1.165, 1.54) is 5.56 Å². The number of allylic oxidation sites excluding steroid dienone is 4. The lowest BCUT2D eigenvalue weighted by Crippen LogP contribution is -2.23. The summed E-state index contributed by atoms with van der Waals surface area (Å²) in [4.78, 5) is 0. The summed E-state index contributed by atoms with van der Waals surface area (Å²) in [6.45, 7) is 2.27. The summed E-state index contributed by atoms with van der Waals surface area (Å²) in [5.74, 6) is 0.495. The zero-order chi connectivity index (χ0) is 10.0. The van der Waals surface area contributed by atoms with Crippen molar-refractivity contribution in [3.05, 3.63) is 60.2 Å². The molecule has 0 fully saturated rings. The van der Waals surface area contributed by atoms with E-state index >= 15 is 0 Å². The molecule has 0 aliphatic heterocycles. The summed E-state index contributed by atoms with van der Waals surface area (Å²) < 4.78 is 0.202. The lowest BCUT2D eigenvalue weighted by atomic mass is 9.84. The van der Waals surface area contributed by atoms with Gasteiger partial charge in [0.2, 0.25) is 0 Å². The van der Waals surface area contributed by atoms with Crippen molar-refractivity contribution in [3.8, 4) is 0 Å². The highest BCUT2D eigenvalue weighted by atomic mass is 127. The Bertz CT molecular complexity index is 360. The van der Waals surface area contributed by atoms with Crippen LogP contribution in [0.2, 0.25) is 0 Å². The summed E-state index contributed by atoms with van der Waals surface area (Å²) in [6.07, 6.45) is 8.82. The van der Waals surface area contributed by atoms with Gasteiger partial charge < -0.3 is 0 Å². The van der Waals surface area contributed by atoms with Gasteiger partial charge in [0.05, 0.1) is 0 Å². The molecule has 0 heterocycles. The van der Waals surface area contributed by atoms with Gasteiger partial charge in [-0.25, -0.2) is 0 Å². The summed E-state index contributed by atoms with van der Waals surface area (Å²) in [6, 6.07) is 10.7. The molecule has 0 amide bonds. The van der Waals surface area contributed by atoms with E-state index in [1.807, 2.05) is 0 Å². The average molecular weight is 296 g/mol. The lowest BCUT2D eigenvalue weighted by Gasteiger charge is -2.29. The fourth-order valence-corrected chi connectivity index (χ4v) is 2.58. The van der Waals surface area contributed by atoms with Gasteiger partial charge in [-0.2, -0.15) is 0 Å². The maximum absolute atomic E-state index is 2.52. The van der Waals surface area contributed by atoms with Gasteiger partial charge in [0.25, 0.3) is 0 Å². The maximum Gasteiger partial charge on any atom is 0.0479 e. The Labute approximate surface area is 98.9 Å². The zero-order valence-corrected chi connectivity index (χ0v) is 10.3. The largest absolute Gasteiger partial charge is 0.0754 e. The molecule has 1 aromatic carbocycles. The second-order valence-electron chi connectivity index (χ2n) is 3.78. The summed E-state index contributed by atoms with van der Waals surface area (Å²) in [5.41, 5.74) is 1.39. The first-order chi connectivity index (χ1) is 6.70. The molecule has 2 unspecified atom stereocenters. The molecule has 0 nitrogen and oxygen atoms in total. The van der Waals surface area contributed by atoms with E-state index < -0.39 is 0 Å². The Morgan fingerprint density at radius 2 is 1.86 bits per heavy atom. The highest BCUT2D eigenvalue weighted by Crippen LogP contribution is 2.40. The average Bonchev–Trinajstić information content (AvgIpc) is 2.18. The maximum atomic E-state index is 2.52. The molecule has 2 atom stereocenters. The predicted molar refractivity (Wildman–Crippen MR) is 69.9 cm³/mol. The third-order valence-corrected chi connectivity index (χ3v) is 3.63. The summed E-state index contributed by atoms with van der Waals surface area (Å²) >= 11 is 2.52. The Morgan fingerprint density at radius 1 is 1.14 bits per heavy atom. The molecule has 0 N–H and O–H groups in total. The van der Waals surface area contributed by atoms with Crippen molar-refractivity contribution in [2.75, 3.05) is 0 Å². The Morgan fingerprint density at radius 3 is 2.50 bits per heavy atom. The minimum Gasteiger partial charge on any atom is -0.0754 e. The number of hydrogen-bond donors (Lipinski definition) is 0. The molecule has 2 rings (SSSR count). The van der Waals surface area contributed by atoms with E-state index in [1.54, 1.807) is 0 Å². The van der Waals surface area contributed by atoms with E-state index in [9.17, 15) is 0 Å². The van der Waals surface area contributed by atoms with Crippen LogP contribution in [0.5, 0.6) is 0 Å². The first-order valence-corrected chi connectivity index (χ1v) is 5.88. The number of benzene rings is 1. The van der Waals surface area contributed by atoms with Gasteiger partial charge in [0.15, 0.2) is 0 Å². The van der Waals surface area contributed by atoms with Crippen molar-refractivity contribution in [2.24, 2.45) is 0 Å². The number of rotatable bonds is 1. The fourth-order valence-electron chi connectivity index (χ4n) is 1.81. The smallest absolute Gasteiger partial charge is 0.0479 e. The molecule has 0 spiro atoms. The Balaban J connectivity index is 2.36. The molecular weight excluding hydrogens is 283 g/mol. The fraction of sp³-hybridized carbons (Fsp3) is 0.231. The van der Waals surface area contributed by atoms with Crippen LogP contribution in [0.15, 0.2) is 54.6 Å². The molecule has 0 saturated carbocycles. The second-order valence-corrected chi connectivity index (χ2v) is 6.11. The van der Waals surface area contributed by atoms with Crippen molar-refractivity contribution in [2.45, 2.75) is 16.3 Å². The van der Waals surface area contributed by atoms with Crippen LogP contribution in [0.3, 0.4) is 0 Å². The SMILES string of the molecule is CC1(I)C=CC=CC1c1ccccc1. The quantitative estimate of drug-likeness (QED) is 0.541. The molecule has 0 radical (unpaired) electrons. The standard InChI is InChI=1S/C13H13I/c1-13(14)10-6-5-9-12(13)11-7-3-2-4-8-11/h2-10,12H,1H3. The molecule has 0 aromatic heterocycles. The van der Waals surface area contributed by atoms with Crippen LogP contribution < -0.4 is 0 Å². The number of halogens is 1. The molecule has 1 aliphatic rings. The second kappa shape index (κ2) is 3.89. The van der Waals surface area contributed by atoms with Crippen LogP contribution in [-0.2, 0) is 0 Å². The van der Waals surface area contributed by atoms with E-state index in [4.69, 9.17) is 0 Å². The van der Waals surface area contributed by atoms with Crippen molar-refractivity contribution in [3.63, 3.8) is 0 Å². The normalized spacial score (nSPS) is 30.6. The monoisotopic (exact) mass is 296 g/mol. The molecule has 14 heavy (non-hydrogen) atoms. The van der Waals surface area contributed by atoms with Crippen LogP contribution in [-0.4, -0.2) is 3.42 Å². The van der Waals surface area contributed by atoms with Crippen LogP contribution in [0.4, 0.5) is 0 Å². The highest BCUT2D eigenvalue weighted by Gasteiger charge is 2.29.